The molecule has 4 aromatic heterocycles. The van der Waals surface area contributed by atoms with Gasteiger partial charge in [0.15, 0.2) is 5.76 Å². The lowest BCUT2D eigenvalue weighted by atomic mass is 10.1. The van der Waals surface area contributed by atoms with Crippen molar-refractivity contribution in [2.24, 2.45) is 0 Å². The van der Waals surface area contributed by atoms with Gasteiger partial charge in [-0.2, -0.15) is 0 Å². The van der Waals surface area contributed by atoms with Crippen LogP contribution in [-0.2, 0) is 0 Å². The van der Waals surface area contributed by atoms with E-state index in [0.717, 1.165) is 5.56 Å². The lowest BCUT2D eigenvalue weighted by Crippen LogP contribution is -2.01. The summed E-state index contributed by atoms with van der Waals surface area (Å²) in [7, 11) is 1.59. The first-order valence-electron chi connectivity index (χ1n) is 7.77. The summed E-state index contributed by atoms with van der Waals surface area (Å²) in [5, 5.41) is 3.12. The van der Waals surface area contributed by atoms with Crippen LogP contribution < -0.4 is 10.1 Å². The van der Waals surface area contributed by atoms with Crippen LogP contribution in [0.3, 0.4) is 0 Å². The number of hydrogen-bond donors (Lipinski definition) is 1. The number of rotatable bonds is 5. The predicted octanol–water partition coefficient (Wildman–Crippen LogP) is 3.34. The third-order valence-electron chi connectivity index (χ3n) is 3.61. The maximum atomic E-state index is 5.53. The Morgan fingerprint density at radius 3 is 2.81 bits per heavy atom. The van der Waals surface area contributed by atoms with E-state index in [4.69, 9.17) is 9.15 Å². The van der Waals surface area contributed by atoms with Gasteiger partial charge >= 0.3 is 0 Å². The normalized spacial score (nSPS) is 10.5. The second-order valence-corrected chi connectivity index (χ2v) is 5.27. The van der Waals surface area contributed by atoms with E-state index in [2.05, 4.69) is 30.2 Å². The average molecular weight is 346 g/mol. The summed E-state index contributed by atoms with van der Waals surface area (Å²) in [6, 6.07) is 7.25. The summed E-state index contributed by atoms with van der Waals surface area (Å²) in [5.74, 6) is 1.66. The standard InChI is InChI=1S/C18H14N6O2/c1-25-13-7-12(8-20-9-13)23-18-21-10-14(15-4-5-19-11-22-15)17(24-18)16-3-2-6-26-16/h2-11H,1H3,(H,21,23,24). The molecule has 0 unspecified atom stereocenters. The lowest BCUT2D eigenvalue weighted by Gasteiger charge is -2.10. The molecule has 0 radical (unpaired) electrons. The molecule has 0 spiro atoms. The Morgan fingerprint density at radius 1 is 1.08 bits per heavy atom. The minimum atomic E-state index is 0.407. The van der Waals surface area contributed by atoms with Crippen molar-refractivity contribution in [1.29, 1.82) is 0 Å². The molecule has 0 aliphatic carbocycles. The van der Waals surface area contributed by atoms with Crippen molar-refractivity contribution in [3.8, 4) is 28.5 Å². The van der Waals surface area contributed by atoms with E-state index in [1.807, 2.05) is 6.07 Å². The average Bonchev–Trinajstić information content (AvgIpc) is 3.23. The highest BCUT2D eigenvalue weighted by Crippen LogP contribution is 2.30. The smallest absolute Gasteiger partial charge is 0.227 e. The molecule has 4 heterocycles. The number of furan rings is 1. The number of pyridine rings is 1. The maximum absolute atomic E-state index is 5.53. The number of ether oxygens (including phenoxy) is 1. The minimum absolute atomic E-state index is 0.407. The molecule has 8 heteroatoms. The third-order valence-corrected chi connectivity index (χ3v) is 3.61. The minimum Gasteiger partial charge on any atom is -0.495 e. The topological polar surface area (TPSA) is 98.8 Å². The molecule has 0 saturated carbocycles. The second kappa shape index (κ2) is 6.98. The van der Waals surface area contributed by atoms with Gasteiger partial charge in [-0.05, 0) is 18.2 Å². The summed E-state index contributed by atoms with van der Waals surface area (Å²) in [5.41, 5.74) is 2.80. The maximum Gasteiger partial charge on any atom is 0.227 e. The molecule has 0 aromatic carbocycles. The van der Waals surface area contributed by atoms with E-state index < -0.39 is 0 Å². The van der Waals surface area contributed by atoms with Crippen LogP contribution in [0.15, 0.2) is 66.1 Å². The number of nitrogens with one attached hydrogen (secondary N) is 1. The van der Waals surface area contributed by atoms with Gasteiger partial charge in [-0.3, -0.25) is 4.98 Å². The van der Waals surface area contributed by atoms with Crippen molar-refractivity contribution < 1.29 is 9.15 Å². The third kappa shape index (κ3) is 3.20. The molecule has 0 atom stereocenters. The van der Waals surface area contributed by atoms with E-state index in [9.17, 15) is 0 Å². The molecule has 128 valence electrons. The largest absolute Gasteiger partial charge is 0.495 e. The molecule has 4 rings (SSSR count). The van der Waals surface area contributed by atoms with Gasteiger partial charge in [-0.15, -0.1) is 0 Å². The van der Waals surface area contributed by atoms with Gasteiger partial charge in [0, 0.05) is 24.0 Å². The quantitative estimate of drug-likeness (QED) is 0.587. The zero-order valence-corrected chi connectivity index (χ0v) is 13.8. The van der Waals surface area contributed by atoms with Crippen LogP contribution >= 0.6 is 0 Å². The first-order chi connectivity index (χ1) is 12.8. The summed E-state index contributed by atoms with van der Waals surface area (Å²) in [6.07, 6.45) is 9.73. The van der Waals surface area contributed by atoms with Gasteiger partial charge in [-0.25, -0.2) is 19.9 Å². The molecule has 8 nitrogen and oxygen atoms in total. The predicted molar refractivity (Wildman–Crippen MR) is 94.8 cm³/mol. The van der Waals surface area contributed by atoms with Gasteiger partial charge in [0.25, 0.3) is 0 Å². The molecule has 0 saturated heterocycles. The number of nitrogens with zero attached hydrogens (tertiary/aromatic N) is 5. The summed E-state index contributed by atoms with van der Waals surface area (Å²) in [6.45, 7) is 0. The molecule has 1 N–H and O–H groups in total. The molecule has 0 amide bonds. The Labute approximate surface area is 149 Å². The first kappa shape index (κ1) is 15.7. The molecular formula is C18H14N6O2. The Balaban J connectivity index is 1.75. The molecule has 0 fully saturated rings. The Kier molecular flexibility index (Phi) is 4.21. The highest BCUT2D eigenvalue weighted by molar-refractivity contribution is 5.76. The molecule has 4 aromatic rings. The molecule has 0 aliphatic rings. The van der Waals surface area contributed by atoms with E-state index in [1.54, 1.807) is 56.4 Å². The fraction of sp³-hybridized carbons (Fsp3) is 0.0556. The van der Waals surface area contributed by atoms with Gasteiger partial charge in [0.2, 0.25) is 5.95 Å². The van der Waals surface area contributed by atoms with Gasteiger partial charge in [0.05, 0.1) is 37.1 Å². The summed E-state index contributed by atoms with van der Waals surface area (Å²) < 4.78 is 10.7. The van der Waals surface area contributed by atoms with Crippen molar-refractivity contribution in [3.05, 3.63) is 61.6 Å². The van der Waals surface area contributed by atoms with Crippen molar-refractivity contribution in [1.82, 2.24) is 24.9 Å². The SMILES string of the molecule is COc1cncc(Nc2ncc(-c3ccncn3)c(-c3ccco3)n2)c1. The number of aromatic nitrogens is 5. The zero-order valence-electron chi connectivity index (χ0n) is 13.8. The number of methoxy groups -OCH3 is 1. The summed E-state index contributed by atoms with van der Waals surface area (Å²) in [4.78, 5) is 21.3. The van der Waals surface area contributed by atoms with Crippen LogP contribution in [0.25, 0.3) is 22.7 Å². The second-order valence-electron chi connectivity index (χ2n) is 5.27. The number of anilines is 2. The van der Waals surface area contributed by atoms with Crippen molar-refractivity contribution in [2.75, 3.05) is 12.4 Å². The first-order valence-corrected chi connectivity index (χ1v) is 7.77. The molecule has 0 bridgehead atoms. The highest BCUT2D eigenvalue weighted by Gasteiger charge is 2.15. The van der Waals surface area contributed by atoms with Gasteiger partial charge in [0.1, 0.15) is 17.8 Å². The zero-order chi connectivity index (χ0) is 17.8. The van der Waals surface area contributed by atoms with Crippen molar-refractivity contribution in [3.63, 3.8) is 0 Å². The van der Waals surface area contributed by atoms with Crippen LogP contribution in [0.5, 0.6) is 5.75 Å². The Morgan fingerprint density at radius 2 is 2.04 bits per heavy atom. The lowest BCUT2D eigenvalue weighted by molar-refractivity contribution is 0.413. The van der Waals surface area contributed by atoms with Crippen LogP contribution in [0.1, 0.15) is 0 Å². The van der Waals surface area contributed by atoms with E-state index >= 15 is 0 Å². The Bertz CT molecular complexity index is 1010. The van der Waals surface area contributed by atoms with E-state index in [-0.39, 0.29) is 0 Å². The summed E-state index contributed by atoms with van der Waals surface area (Å²) >= 11 is 0. The Hall–Kier alpha value is -3.81. The monoisotopic (exact) mass is 346 g/mol. The molecule has 0 aliphatic heterocycles. The van der Waals surface area contributed by atoms with Gasteiger partial charge < -0.3 is 14.5 Å². The van der Waals surface area contributed by atoms with Crippen LogP contribution in [0, 0.1) is 0 Å². The highest BCUT2D eigenvalue weighted by atomic mass is 16.5. The van der Waals surface area contributed by atoms with Gasteiger partial charge in [-0.1, -0.05) is 0 Å². The fourth-order valence-electron chi connectivity index (χ4n) is 2.41. The fourth-order valence-corrected chi connectivity index (χ4v) is 2.41. The van der Waals surface area contributed by atoms with E-state index in [0.29, 0.717) is 34.5 Å². The van der Waals surface area contributed by atoms with Crippen LogP contribution in [0.4, 0.5) is 11.6 Å². The molecular weight excluding hydrogens is 332 g/mol. The molecule has 26 heavy (non-hydrogen) atoms. The van der Waals surface area contributed by atoms with E-state index in [1.165, 1.54) is 6.33 Å². The van der Waals surface area contributed by atoms with Crippen LogP contribution in [0.2, 0.25) is 0 Å². The van der Waals surface area contributed by atoms with Crippen molar-refractivity contribution in [2.45, 2.75) is 0 Å². The number of hydrogen-bond acceptors (Lipinski definition) is 8. The van der Waals surface area contributed by atoms with Crippen LogP contribution in [-0.4, -0.2) is 32.0 Å². The van der Waals surface area contributed by atoms with Crippen molar-refractivity contribution >= 4 is 11.6 Å².